The van der Waals surface area contributed by atoms with E-state index in [9.17, 15) is 4.79 Å². The molecule has 1 amide bonds. The Morgan fingerprint density at radius 3 is 2.65 bits per heavy atom. The molecule has 0 aromatic rings. The van der Waals surface area contributed by atoms with E-state index in [1.165, 1.54) is 52.0 Å². The number of likely N-dealkylation sites (tertiary alicyclic amines) is 1. The van der Waals surface area contributed by atoms with E-state index in [0.29, 0.717) is 5.92 Å². The molecule has 2 fully saturated rings. The van der Waals surface area contributed by atoms with Gasteiger partial charge in [0.05, 0.1) is 0 Å². The van der Waals surface area contributed by atoms with Gasteiger partial charge in [-0.25, -0.2) is 0 Å². The zero-order valence-corrected chi connectivity index (χ0v) is 10.9. The molecular formula is C13H25N3O. The van der Waals surface area contributed by atoms with Gasteiger partial charge in [0, 0.05) is 20.0 Å². The molecule has 2 rings (SSSR count). The van der Waals surface area contributed by atoms with E-state index >= 15 is 0 Å². The minimum absolute atomic E-state index is 0.101. The monoisotopic (exact) mass is 239 g/mol. The fourth-order valence-electron chi connectivity index (χ4n) is 2.90. The summed E-state index contributed by atoms with van der Waals surface area (Å²) in [6.45, 7) is 8.55. The van der Waals surface area contributed by atoms with Gasteiger partial charge in [-0.15, -0.1) is 0 Å². The summed E-state index contributed by atoms with van der Waals surface area (Å²) in [7, 11) is 0. The third kappa shape index (κ3) is 4.28. The summed E-state index contributed by atoms with van der Waals surface area (Å²) < 4.78 is 0. The summed E-state index contributed by atoms with van der Waals surface area (Å²) in [4.78, 5) is 13.5. The molecule has 0 aromatic heterocycles. The van der Waals surface area contributed by atoms with E-state index in [1.807, 2.05) is 0 Å². The lowest BCUT2D eigenvalue weighted by Crippen LogP contribution is -2.40. The lowest BCUT2D eigenvalue weighted by Gasteiger charge is -2.33. The van der Waals surface area contributed by atoms with Gasteiger partial charge in [0.15, 0.2) is 0 Å². The molecule has 0 saturated carbocycles. The molecule has 0 bridgehead atoms. The van der Waals surface area contributed by atoms with Crippen LogP contribution in [0.5, 0.6) is 0 Å². The number of piperidine rings is 1. The maximum atomic E-state index is 10.9. The van der Waals surface area contributed by atoms with Crippen LogP contribution >= 0.6 is 0 Å². The molecule has 4 heteroatoms. The molecule has 0 aliphatic carbocycles. The zero-order valence-electron chi connectivity index (χ0n) is 10.9. The van der Waals surface area contributed by atoms with Gasteiger partial charge >= 0.3 is 0 Å². The highest BCUT2D eigenvalue weighted by Gasteiger charge is 2.23. The van der Waals surface area contributed by atoms with Gasteiger partial charge in [0.1, 0.15) is 0 Å². The Kier molecular flexibility index (Phi) is 4.80. The first kappa shape index (κ1) is 12.8. The summed E-state index contributed by atoms with van der Waals surface area (Å²) in [5.41, 5.74) is 0. The number of rotatable bonds is 4. The van der Waals surface area contributed by atoms with Gasteiger partial charge in [0.2, 0.25) is 5.91 Å². The summed E-state index contributed by atoms with van der Waals surface area (Å²) in [5, 5.41) is 6.37. The quantitative estimate of drug-likeness (QED) is 0.748. The lowest BCUT2D eigenvalue weighted by molar-refractivity contribution is -0.119. The van der Waals surface area contributed by atoms with E-state index in [0.717, 1.165) is 12.5 Å². The van der Waals surface area contributed by atoms with Crippen LogP contribution in [0.3, 0.4) is 0 Å². The maximum Gasteiger partial charge on any atom is 0.216 e. The van der Waals surface area contributed by atoms with Gasteiger partial charge in [-0.2, -0.15) is 0 Å². The van der Waals surface area contributed by atoms with Gasteiger partial charge < -0.3 is 15.5 Å². The smallest absolute Gasteiger partial charge is 0.216 e. The average Bonchev–Trinajstić information content (AvgIpc) is 2.81. The number of nitrogens with one attached hydrogen (secondary N) is 2. The minimum atomic E-state index is 0.101. The Hall–Kier alpha value is -0.610. The van der Waals surface area contributed by atoms with Crippen LogP contribution in [0.4, 0.5) is 0 Å². The predicted molar refractivity (Wildman–Crippen MR) is 68.8 cm³/mol. The molecule has 0 aromatic carbocycles. The van der Waals surface area contributed by atoms with Crippen molar-refractivity contribution in [2.45, 2.75) is 26.2 Å². The van der Waals surface area contributed by atoms with Crippen molar-refractivity contribution >= 4 is 5.91 Å². The highest BCUT2D eigenvalue weighted by molar-refractivity contribution is 5.72. The van der Waals surface area contributed by atoms with Crippen LogP contribution in [0.25, 0.3) is 0 Å². The van der Waals surface area contributed by atoms with Crippen LogP contribution in [-0.4, -0.2) is 50.1 Å². The van der Waals surface area contributed by atoms with E-state index in [4.69, 9.17) is 0 Å². The van der Waals surface area contributed by atoms with Gasteiger partial charge in [-0.05, 0) is 57.3 Å². The molecule has 1 unspecified atom stereocenters. The Bertz CT molecular complexity index is 243. The molecule has 4 nitrogen and oxygen atoms in total. The topological polar surface area (TPSA) is 44.4 Å². The summed E-state index contributed by atoms with van der Waals surface area (Å²) >= 11 is 0. The highest BCUT2D eigenvalue weighted by Crippen LogP contribution is 2.19. The second kappa shape index (κ2) is 6.36. The second-order valence-corrected chi connectivity index (χ2v) is 5.54. The van der Waals surface area contributed by atoms with Crippen molar-refractivity contribution in [3.05, 3.63) is 0 Å². The minimum Gasteiger partial charge on any atom is -0.356 e. The van der Waals surface area contributed by atoms with Crippen LogP contribution in [0, 0.1) is 11.8 Å². The van der Waals surface area contributed by atoms with Crippen LogP contribution < -0.4 is 10.6 Å². The van der Waals surface area contributed by atoms with E-state index in [2.05, 4.69) is 15.5 Å². The van der Waals surface area contributed by atoms with Crippen molar-refractivity contribution in [3.63, 3.8) is 0 Å². The van der Waals surface area contributed by atoms with E-state index in [1.54, 1.807) is 6.92 Å². The van der Waals surface area contributed by atoms with Crippen molar-refractivity contribution < 1.29 is 4.79 Å². The predicted octanol–water partition coefficient (Wildman–Crippen LogP) is 0.444. The maximum absolute atomic E-state index is 10.9. The summed E-state index contributed by atoms with van der Waals surface area (Å²) in [5.74, 6) is 1.66. The molecular weight excluding hydrogens is 214 g/mol. The molecule has 2 saturated heterocycles. The third-order valence-corrected chi connectivity index (χ3v) is 4.03. The van der Waals surface area contributed by atoms with Gasteiger partial charge in [0.25, 0.3) is 0 Å². The molecule has 98 valence electrons. The van der Waals surface area contributed by atoms with Crippen LogP contribution in [0.1, 0.15) is 26.2 Å². The van der Waals surface area contributed by atoms with Crippen LogP contribution in [0.2, 0.25) is 0 Å². The largest absolute Gasteiger partial charge is 0.356 e. The van der Waals surface area contributed by atoms with Crippen LogP contribution in [-0.2, 0) is 4.79 Å². The van der Waals surface area contributed by atoms with Crippen molar-refractivity contribution in [1.82, 2.24) is 15.5 Å². The fourth-order valence-corrected chi connectivity index (χ4v) is 2.90. The van der Waals surface area contributed by atoms with E-state index < -0.39 is 0 Å². The first-order chi connectivity index (χ1) is 8.24. The molecule has 0 radical (unpaired) electrons. The van der Waals surface area contributed by atoms with Crippen LogP contribution in [0.15, 0.2) is 0 Å². The molecule has 17 heavy (non-hydrogen) atoms. The Labute approximate surface area is 104 Å². The normalized spacial score (nSPS) is 27.2. The lowest BCUT2D eigenvalue weighted by atomic mass is 9.95. The SMILES string of the molecule is CC(=O)NCC1CCN(CC2CCNC2)CC1. The highest BCUT2D eigenvalue weighted by atomic mass is 16.1. The summed E-state index contributed by atoms with van der Waals surface area (Å²) in [6.07, 6.45) is 3.81. The molecule has 0 spiro atoms. The number of nitrogens with zero attached hydrogens (tertiary/aromatic N) is 1. The number of hydrogen-bond donors (Lipinski definition) is 2. The number of hydrogen-bond acceptors (Lipinski definition) is 3. The zero-order chi connectivity index (χ0) is 12.1. The van der Waals surface area contributed by atoms with Gasteiger partial charge in [-0.3, -0.25) is 4.79 Å². The third-order valence-electron chi connectivity index (χ3n) is 4.03. The molecule has 2 heterocycles. The fraction of sp³-hybridized carbons (Fsp3) is 0.923. The number of carbonyl (C=O) groups excluding carboxylic acids is 1. The molecule has 2 N–H and O–H groups in total. The first-order valence-corrected chi connectivity index (χ1v) is 6.91. The van der Waals surface area contributed by atoms with E-state index in [-0.39, 0.29) is 5.91 Å². The van der Waals surface area contributed by atoms with Crippen molar-refractivity contribution in [2.75, 3.05) is 39.3 Å². The Morgan fingerprint density at radius 2 is 2.06 bits per heavy atom. The van der Waals surface area contributed by atoms with Crippen molar-refractivity contribution in [2.24, 2.45) is 11.8 Å². The number of carbonyl (C=O) groups is 1. The van der Waals surface area contributed by atoms with Crippen molar-refractivity contribution in [3.8, 4) is 0 Å². The van der Waals surface area contributed by atoms with Gasteiger partial charge in [-0.1, -0.05) is 0 Å². The number of amides is 1. The average molecular weight is 239 g/mol. The second-order valence-electron chi connectivity index (χ2n) is 5.54. The Balaban J connectivity index is 1.61. The molecule has 2 aliphatic heterocycles. The molecule has 2 aliphatic rings. The standard InChI is InChI=1S/C13H25N3O/c1-11(17)15-9-12-3-6-16(7-4-12)10-13-2-5-14-8-13/h12-14H,2-10H2,1H3,(H,15,17). The summed E-state index contributed by atoms with van der Waals surface area (Å²) in [6, 6.07) is 0. The Morgan fingerprint density at radius 1 is 1.29 bits per heavy atom. The first-order valence-electron chi connectivity index (χ1n) is 6.91. The van der Waals surface area contributed by atoms with Crippen molar-refractivity contribution in [1.29, 1.82) is 0 Å². The molecule has 1 atom stereocenters.